The second-order valence-electron chi connectivity index (χ2n) is 6.36. The van der Waals surface area contributed by atoms with E-state index in [1.165, 1.54) is 48.4 Å². The minimum absolute atomic E-state index is 0.205. The number of nitrogens with zero attached hydrogens (tertiary/aromatic N) is 5. The van der Waals surface area contributed by atoms with Crippen molar-refractivity contribution in [3.05, 3.63) is 65.5 Å². The van der Waals surface area contributed by atoms with E-state index in [1.54, 1.807) is 12.1 Å². The molecule has 0 aliphatic carbocycles. The topological polar surface area (TPSA) is 136 Å². The molecule has 0 atom stereocenters. The fraction of sp³-hybridized carbons (Fsp3) is 0.105. The Kier molecular flexibility index (Phi) is 4.76. The van der Waals surface area contributed by atoms with Gasteiger partial charge in [-0.25, -0.2) is 9.48 Å². The lowest BCUT2D eigenvalue weighted by Crippen LogP contribution is -2.24. The minimum Gasteiger partial charge on any atom is -0.452 e. The highest BCUT2D eigenvalue weighted by atomic mass is 16.5. The number of benzene rings is 2. The van der Waals surface area contributed by atoms with Gasteiger partial charge in [-0.05, 0) is 46.8 Å². The Bertz CT molecular complexity index is 1170. The molecule has 0 radical (unpaired) electrons. The zero-order chi connectivity index (χ0) is 21.3. The molecule has 0 fully saturated rings. The minimum atomic E-state index is -0.698. The van der Waals surface area contributed by atoms with Crippen LogP contribution in [0.1, 0.15) is 31.1 Å². The maximum Gasteiger partial charge on any atom is 0.338 e. The molecule has 1 aromatic heterocycles. The lowest BCUT2D eigenvalue weighted by Gasteiger charge is -2.08. The molecule has 3 amide bonds. The van der Waals surface area contributed by atoms with E-state index >= 15 is 0 Å². The van der Waals surface area contributed by atoms with Crippen molar-refractivity contribution >= 4 is 29.4 Å². The second-order valence-corrected chi connectivity index (χ2v) is 6.36. The zero-order valence-electron chi connectivity index (χ0n) is 15.6. The molecule has 150 valence electrons. The number of tetrazole rings is 1. The van der Waals surface area contributed by atoms with Gasteiger partial charge in [0.15, 0.2) is 6.61 Å². The van der Waals surface area contributed by atoms with Crippen molar-refractivity contribution < 1.29 is 23.9 Å². The summed E-state index contributed by atoms with van der Waals surface area (Å²) in [6.45, 7) is -0.530. The molecule has 0 spiro atoms. The van der Waals surface area contributed by atoms with Crippen molar-refractivity contribution in [3.63, 3.8) is 0 Å². The van der Waals surface area contributed by atoms with Crippen LogP contribution in [-0.4, -0.2) is 62.5 Å². The first kappa shape index (κ1) is 18.9. The molecule has 3 aromatic rings. The van der Waals surface area contributed by atoms with Gasteiger partial charge in [-0.1, -0.05) is 6.07 Å². The number of ether oxygens (including phenoxy) is 1. The molecule has 0 unspecified atom stereocenters. The van der Waals surface area contributed by atoms with Crippen LogP contribution in [0.2, 0.25) is 0 Å². The summed E-state index contributed by atoms with van der Waals surface area (Å²) < 4.78 is 6.42. The van der Waals surface area contributed by atoms with Gasteiger partial charge < -0.3 is 10.1 Å². The number of rotatable bonds is 5. The van der Waals surface area contributed by atoms with Crippen molar-refractivity contribution in [2.45, 2.75) is 0 Å². The highest BCUT2D eigenvalue weighted by Gasteiger charge is 2.32. The highest BCUT2D eigenvalue weighted by molar-refractivity contribution is 6.21. The Labute approximate surface area is 169 Å². The molecule has 0 saturated heterocycles. The van der Waals surface area contributed by atoms with E-state index in [0.29, 0.717) is 11.4 Å². The summed E-state index contributed by atoms with van der Waals surface area (Å²) >= 11 is 0. The van der Waals surface area contributed by atoms with Crippen LogP contribution >= 0.6 is 0 Å². The maximum absolute atomic E-state index is 12.2. The Hall–Kier alpha value is -4.41. The molecule has 11 nitrogen and oxygen atoms in total. The number of carbonyl (C=O) groups is 4. The molecule has 30 heavy (non-hydrogen) atoms. The van der Waals surface area contributed by atoms with E-state index in [1.807, 2.05) is 0 Å². The highest BCUT2D eigenvalue weighted by Crippen LogP contribution is 2.24. The Morgan fingerprint density at radius 2 is 1.87 bits per heavy atom. The number of esters is 1. The standard InChI is InChI=1S/C19H14N6O5/c1-24-17(27)14-6-5-12(8-15(14)18(24)28)21-16(26)9-30-19(29)11-3-2-4-13(7-11)25-10-20-22-23-25/h2-8,10H,9H2,1H3,(H,21,26). The largest absolute Gasteiger partial charge is 0.452 e. The maximum atomic E-state index is 12.2. The summed E-state index contributed by atoms with van der Waals surface area (Å²) in [6.07, 6.45) is 1.38. The van der Waals surface area contributed by atoms with E-state index in [0.717, 1.165) is 4.90 Å². The number of anilines is 1. The zero-order valence-corrected chi connectivity index (χ0v) is 15.6. The Morgan fingerprint density at radius 3 is 2.63 bits per heavy atom. The molecule has 1 aliphatic rings. The van der Waals surface area contributed by atoms with Crippen molar-refractivity contribution in [1.29, 1.82) is 0 Å². The van der Waals surface area contributed by atoms with E-state index in [-0.39, 0.29) is 16.7 Å². The third-order valence-corrected chi connectivity index (χ3v) is 4.40. The predicted molar refractivity (Wildman–Crippen MR) is 101 cm³/mol. The van der Waals surface area contributed by atoms with E-state index in [4.69, 9.17) is 4.74 Å². The molecule has 2 aromatic carbocycles. The molecule has 0 saturated carbocycles. The summed E-state index contributed by atoms with van der Waals surface area (Å²) in [5.74, 6) is -2.13. The van der Waals surface area contributed by atoms with Crippen LogP contribution in [0.3, 0.4) is 0 Å². The third kappa shape index (κ3) is 3.51. The van der Waals surface area contributed by atoms with E-state index in [9.17, 15) is 19.2 Å². The third-order valence-electron chi connectivity index (χ3n) is 4.40. The smallest absolute Gasteiger partial charge is 0.338 e. The molecule has 0 bridgehead atoms. The number of fused-ring (bicyclic) bond motifs is 1. The first-order valence-corrected chi connectivity index (χ1v) is 8.71. The SMILES string of the molecule is CN1C(=O)c2ccc(NC(=O)COC(=O)c3cccc(-n4cnnn4)c3)cc2C1=O. The average Bonchev–Trinajstić information content (AvgIpc) is 3.37. The van der Waals surface area contributed by atoms with Crippen molar-refractivity contribution in [3.8, 4) is 5.69 Å². The molecule has 1 aliphatic heterocycles. The van der Waals surface area contributed by atoms with Crippen LogP contribution < -0.4 is 5.32 Å². The van der Waals surface area contributed by atoms with Gasteiger partial charge >= 0.3 is 5.97 Å². The van der Waals surface area contributed by atoms with Gasteiger partial charge in [0.05, 0.1) is 22.4 Å². The first-order valence-electron chi connectivity index (χ1n) is 8.71. The fourth-order valence-electron chi connectivity index (χ4n) is 2.91. The predicted octanol–water partition coefficient (Wildman–Crippen LogP) is 0.684. The van der Waals surface area contributed by atoms with Crippen LogP contribution in [-0.2, 0) is 9.53 Å². The lowest BCUT2D eigenvalue weighted by molar-refractivity contribution is -0.119. The van der Waals surface area contributed by atoms with Crippen LogP contribution in [0.4, 0.5) is 5.69 Å². The van der Waals surface area contributed by atoms with E-state index in [2.05, 4.69) is 20.8 Å². The quantitative estimate of drug-likeness (QED) is 0.483. The van der Waals surface area contributed by atoms with Gasteiger partial charge in [-0.3, -0.25) is 19.3 Å². The second kappa shape index (κ2) is 7.54. The number of hydrogen-bond acceptors (Lipinski definition) is 8. The molecule has 4 rings (SSSR count). The van der Waals surface area contributed by atoms with Gasteiger partial charge in [0.25, 0.3) is 17.7 Å². The number of nitrogens with one attached hydrogen (secondary N) is 1. The van der Waals surface area contributed by atoms with Gasteiger partial charge in [-0.2, -0.15) is 0 Å². The van der Waals surface area contributed by atoms with Gasteiger partial charge in [0.2, 0.25) is 0 Å². The molecule has 2 heterocycles. The van der Waals surface area contributed by atoms with Crippen molar-refractivity contribution in [2.75, 3.05) is 19.0 Å². The Morgan fingerprint density at radius 1 is 1.07 bits per heavy atom. The van der Waals surface area contributed by atoms with Crippen LogP contribution in [0, 0.1) is 0 Å². The number of carbonyl (C=O) groups excluding carboxylic acids is 4. The van der Waals surface area contributed by atoms with E-state index < -0.39 is 30.3 Å². The lowest BCUT2D eigenvalue weighted by atomic mass is 10.1. The van der Waals surface area contributed by atoms with Crippen LogP contribution in [0.25, 0.3) is 5.69 Å². The van der Waals surface area contributed by atoms with Gasteiger partial charge in [-0.15, -0.1) is 5.10 Å². The first-order chi connectivity index (χ1) is 14.4. The van der Waals surface area contributed by atoms with Gasteiger partial charge in [0.1, 0.15) is 6.33 Å². The summed E-state index contributed by atoms with van der Waals surface area (Å²) in [5.41, 5.74) is 1.57. The van der Waals surface area contributed by atoms with Crippen LogP contribution in [0.5, 0.6) is 0 Å². The molecule has 1 N–H and O–H groups in total. The fourth-order valence-corrected chi connectivity index (χ4v) is 2.91. The summed E-state index contributed by atoms with van der Waals surface area (Å²) in [5, 5.41) is 13.3. The summed E-state index contributed by atoms with van der Waals surface area (Å²) in [7, 11) is 1.39. The monoisotopic (exact) mass is 406 g/mol. The van der Waals surface area contributed by atoms with Crippen molar-refractivity contribution in [1.82, 2.24) is 25.1 Å². The summed E-state index contributed by atoms with van der Waals surface area (Å²) in [6, 6.07) is 10.8. The molecular formula is C19H14N6O5. The number of hydrogen-bond donors (Lipinski definition) is 1. The van der Waals surface area contributed by atoms with Crippen molar-refractivity contribution in [2.24, 2.45) is 0 Å². The Balaban J connectivity index is 1.38. The van der Waals surface area contributed by atoms with Crippen LogP contribution in [0.15, 0.2) is 48.8 Å². The molecule has 11 heteroatoms. The summed E-state index contributed by atoms with van der Waals surface area (Å²) in [4.78, 5) is 49.3. The number of aromatic nitrogens is 4. The average molecular weight is 406 g/mol. The normalized spacial score (nSPS) is 12.6. The molecular weight excluding hydrogens is 392 g/mol. The number of imide groups is 1. The number of amides is 3. The van der Waals surface area contributed by atoms with Gasteiger partial charge in [0, 0.05) is 12.7 Å².